The van der Waals surface area contributed by atoms with Crippen molar-refractivity contribution in [3.63, 3.8) is 0 Å². The van der Waals surface area contributed by atoms with Crippen LogP contribution in [0.4, 0.5) is 0 Å². The number of carbonyl (C=O) groups is 1. The maximum absolute atomic E-state index is 12.1. The zero-order chi connectivity index (χ0) is 13.1. The van der Waals surface area contributed by atoms with Gasteiger partial charge in [-0.25, -0.2) is 0 Å². The highest BCUT2D eigenvalue weighted by Crippen LogP contribution is 2.20. The van der Waals surface area contributed by atoms with Crippen molar-refractivity contribution in [3.8, 4) is 0 Å². The molecule has 2 aromatic rings. The van der Waals surface area contributed by atoms with E-state index in [-0.39, 0.29) is 5.91 Å². The molecule has 0 aliphatic rings. The number of hydrogen-bond acceptors (Lipinski definition) is 2. The molecule has 1 aromatic carbocycles. The Kier molecular flexibility index (Phi) is 4.07. The maximum atomic E-state index is 12.1. The van der Waals surface area contributed by atoms with E-state index in [1.54, 1.807) is 18.0 Å². The Labute approximate surface area is 115 Å². The molecule has 0 N–H and O–H groups in total. The summed E-state index contributed by atoms with van der Waals surface area (Å²) in [5, 5.41) is 0.961. The number of hydrogen-bond donors (Lipinski definition) is 0. The van der Waals surface area contributed by atoms with Crippen LogP contribution in [0.1, 0.15) is 23.9 Å². The molecule has 4 heteroatoms. The molecule has 18 heavy (non-hydrogen) atoms. The van der Waals surface area contributed by atoms with Crippen LogP contribution < -0.4 is 0 Å². The number of furan rings is 1. The minimum Gasteiger partial charge on any atom is -0.451 e. The molecule has 1 heterocycles. The smallest absolute Gasteiger partial charge is 0.289 e. The quantitative estimate of drug-likeness (QED) is 0.807. The van der Waals surface area contributed by atoms with Crippen LogP contribution >= 0.6 is 15.9 Å². The van der Waals surface area contributed by atoms with Crippen LogP contribution in [-0.2, 0) is 0 Å². The highest BCUT2D eigenvalue weighted by atomic mass is 79.9. The summed E-state index contributed by atoms with van der Waals surface area (Å²) in [5.74, 6) is 0.334. The Bertz CT molecular complexity index is 514. The zero-order valence-electron chi connectivity index (χ0n) is 10.5. The predicted molar refractivity (Wildman–Crippen MR) is 76.2 cm³/mol. The number of halogens is 1. The lowest BCUT2D eigenvalue weighted by Crippen LogP contribution is -2.28. The van der Waals surface area contributed by atoms with Crippen molar-refractivity contribution in [1.29, 1.82) is 0 Å². The van der Waals surface area contributed by atoms with Crippen molar-refractivity contribution in [2.45, 2.75) is 18.2 Å². The number of amides is 1. The van der Waals surface area contributed by atoms with E-state index < -0.39 is 0 Å². The average molecular weight is 310 g/mol. The molecule has 0 aliphatic heterocycles. The van der Waals surface area contributed by atoms with Gasteiger partial charge in [0.2, 0.25) is 0 Å². The molecule has 1 unspecified atom stereocenters. The van der Waals surface area contributed by atoms with Gasteiger partial charge in [-0.05, 0) is 18.6 Å². The van der Waals surface area contributed by atoms with Crippen molar-refractivity contribution < 1.29 is 9.21 Å². The first-order valence-electron chi connectivity index (χ1n) is 5.96. The predicted octanol–water partition coefficient (Wildman–Crippen LogP) is 3.68. The van der Waals surface area contributed by atoms with Gasteiger partial charge in [-0.2, -0.15) is 0 Å². The van der Waals surface area contributed by atoms with Crippen LogP contribution in [0.5, 0.6) is 0 Å². The van der Waals surface area contributed by atoms with Crippen molar-refractivity contribution in [2.24, 2.45) is 0 Å². The highest BCUT2D eigenvalue weighted by molar-refractivity contribution is 9.09. The average Bonchev–Trinajstić information content (AvgIpc) is 2.78. The van der Waals surface area contributed by atoms with E-state index in [9.17, 15) is 4.79 Å². The lowest BCUT2D eigenvalue weighted by atomic mass is 10.2. The Morgan fingerprint density at radius 3 is 2.83 bits per heavy atom. The number of rotatable bonds is 4. The summed E-state index contributed by atoms with van der Waals surface area (Å²) in [4.78, 5) is 14.2. The molecule has 0 aliphatic carbocycles. The number of carbonyl (C=O) groups excluding carboxylic acids is 1. The highest BCUT2D eigenvalue weighted by Gasteiger charge is 2.16. The van der Waals surface area contributed by atoms with Gasteiger partial charge in [0.25, 0.3) is 5.91 Å². The monoisotopic (exact) mass is 309 g/mol. The summed E-state index contributed by atoms with van der Waals surface area (Å²) < 4.78 is 5.55. The fourth-order valence-electron chi connectivity index (χ4n) is 1.75. The maximum Gasteiger partial charge on any atom is 0.289 e. The summed E-state index contributed by atoms with van der Waals surface area (Å²) in [6.07, 6.45) is 0.919. The molecular formula is C14H16BrNO2. The summed E-state index contributed by atoms with van der Waals surface area (Å²) in [6.45, 7) is 2.78. The number of alkyl halides is 1. The topological polar surface area (TPSA) is 33.5 Å². The van der Waals surface area contributed by atoms with Crippen molar-refractivity contribution in [1.82, 2.24) is 4.90 Å². The standard InChI is InChI=1S/C14H16BrNO2/c1-10(15)7-8-16(2)14(17)13-9-11-5-3-4-6-12(11)18-13/h3-6,9-10H,7-8H2,1-2H3. The fraction of sp³-hybridized carbons (Fsp3) is 0.357. The molecule has 3 nitrogen and oxygen atoms in total. The molecule has 2 rings (SSSR count). The van der Waals surface area contributed by atoms with Gasteiger partial charge in [-0.1, -0.05) is 41.1 Å². The van der Waals surface area contributed by atoms with Gasteiger partial charge in [0.15, 0.2) is 5.76 Å². The van der Waals surface area contributed by atoms with Crippen molar-refractivity contribution in [3.05, 3.63) is 36.1 Å². The molecular weight excluding hydrogens is 294 g/mol. The van der Waals surface area contributed by atoms with E-state index in [2.05, 4.69) is 22.9 Å². The van der Waals surface area contributed by atoms with E-state index in [0.29, 0.717) is 17.1 Å². The molecule has 0 saturated carbocycles. The van der Waals surface area contributed by atoms with E-state index in [0.717, 1.165) is 17.4 Å². The first kappa shape index (κ1) is 13.1. The second-order valence-corrected chi connectivity index (χ2v) is 6.01. The molecule has 0 spiro atoms. The van der Waals surface area contributed by atoms with Gasteiger partial charge in [0, 0.05) is 23.8 Å². The second-order valence-electron chi connectivity index (χ2n) is 4.44. The van der Waals surface area contributed by atoms with E-state index in [1.165, 1.54) is 0 Å². The molecule has 1 amide bonds. The molecule has 0 saturated heterocycles. The van der Waals surface area contributed by atoms with Gasteiger partial charge >= 0.3 is 0 Å². The zero-order valence-corrected chi connectivity index (χ0v) is 12.1. The molecule has 96 valence electrons. The van der Waals surface area contributed by atoms with Crippen LogP contribution in [0.15, 0.2) is 34.7 Å². The largest absolute Gasteiger partial charge is 0.451 e. The molecule has 0 bridgehead atoms. The van der Waals surface area contributed by atoms with Crippen LogP contribution in [-0.4, -0.2) is 29.2 Å². The first-order valence-corrected chi connectivity index (χ1v) is 6.87. The third-order valence-electron chi connectivity index (χ3n) is 2.85. The molecule has 1 atom stereocenters. The van der Waals surface area contributed by atoms with Gasteiger partial charge < -0.3 is 9.32 Å². The lowest BCUT2D eigenvalue weighted by Gasteiger charge is -2.16. The SMILES string of the molecule is CC(Br)CCN(C)C(=O)c1cc2ccccc2o1. The van der Waals surface area contributed by atoms with E-state index in [4.69, 9.17) is 4.42 Å². The first-order chi connectivity index (χ1) is 8.58. The Morgan fingerprint density at radius 1 is 1.44 bits per heavy atom. The third kappa shape index (κ3) is 2.93. The molecule has 0 radical (unpaired) electrons. The lowest BCUT2D eigenvalue weighted by molar-refractivity contribution is 0.0765. The van der Waals surface area contributed by atoms with E-state index in [1.807, 2.05) is 24.3 Å². The summed E-state index contributed by atoms with van der Waals surface area (Å²) in [6, 6.07) is 9.44. The molecule has 1 aromatic heterocycles. The molecule has 0 fully saturated rings. The minimum atomic E-state index is -0.0700. The number of nitrogens with zero attached hydrogens (tertiary/aromatic N) is 1. The number of benzene rings is 1. The second kappa shape index (κ2) is 5.57. The third-order valence-corrected chi connectivity index (χ3v) is 3.30. The number of fused-ring (bicyclic) bond motifs is 1. The summed E-state index contributed by atoms with van der Waals surface area (Å²) >= 11 is 3.47. The Hall–Kier alpha value is -1.29. The van der Waals surface area contributed by atoms with Crippen LogP contribution in [0.2, 0.25) is 0 Å². The van der Waals surface area contributed by atoms with Gasteiger partial charge in [-0.3, -0.25) is 4.79 Å². The normalized spacial score (nSPS) is 12.6. The fourth-order valence-corrected chi connectivity index (χ4v) is 1.95. The number of para-hydroxylation sites is 1. The van der Waals surface area contributed by atoms with E-state index >= 15 is 0 Å². The van der Waals surface area contributed by atoms with Gasteiger partial charge in [0.1, 0.15) is 5.58 Å². The van der Waals surface area contributed by atoms with Crippen LogP contribution in [0.25, 0.3) is 11.0 Å². The Morgan fingerprint density at radius 2 is 2.17 bits per heavy atom. The van der Waals surface area contributed by atoms with Crippen molar-refractivity contribution in [2.75, 3.05) is 13.6 Å². The van der Waals surface area contributed by atoms with Gasteiger partial charge in [-0.15, -0.1) is 0 Å². The summed E-state index contributed by atoms with van der Waals surface area (Å²) in [7, 11) is 1.80. The minimum absolute atomic E-state index is 0.0700. The van der Waals surface area contributed by atoms with Gasteiger partial charge in [0.05, 0.1) is 0 Å². The van der Waals surface area contributed by atoms with Crippen molar-refractivity contribution >= 4 is 32.8 Å². The van der Waals surface area contributed by atoms with Crippen LogP contribution in [0, 0.1) is 0 Å². The Balaban J connectivity index is 2.12. The summed E-state index contributed by atoms with van der Waals surface area (Å²) in [5.41, 5.74) is 0.753. The van der Waals surface area contributed by atoms with Crippen LogP contribution in [0.3, 0.4) is 0 Å².